The van der Waals surface area contributed by atoms with E-state index in [4.69, 9.17) is 5.11 Å². The zero-order valence-electron chi connectivity index (χ0n) is 9.05. The summed E-state index contributed by atoms with van der Waals surface area (Å²) >= 11 is 1.58. The lowest BCUT2D eigenvalue weighted by Crippen LogP contribution is -2.04. The first-order valence-electron chi connectivity index (χ1n) is 5.01. The second-order valence-electron chi connectivity index (χ2n) is 3.67. The molecule has 3 nitrogen and oxygen atoms in total. The van der Waals surface area contributed by atoms with Gasteiger partial charge in [0.15, 0.2) is 0 Å². The first kappa shape index (κ1) is 12.5. The average Bonchev–Trinajstić information content (AvgIpc) is 2.26. The van der Waals surface area contributed by atoms with Crippen LogP contribution in [-0.2, 0) is 0 Å². The van der Waals surface area contributed by atoms with E-state index in [9.17, 15) is 5.11 Å². The second-order valence-corrected chi connectivity index (χ2v) is 4.68. The van der Waals surface area contributed by atoms with E-state index < -0.39 is 6.10 Å². The van der Waals surface area contributed by atoms with Crippen molar-refractivity contribution in [2.75, 3.05) is 12.4 Å². The first-order valence-corrected chi connectivity index (χ1v) is 6.00. The van der Waals surface area contributed by atoms with E-state index in [-0.39, 0.29) is 12.5 Å². The summed E-state index contributed by atoms with van der Waals surface area (Å²) in [6, 6.07) is 3.70. The molecule has 15 heavy (non-hydrogen) atoms. The van der Waals surface area contributed by atoms with E-state index in [2.05, 4.69) is 4.98 Å². The van der Waals surface area contributed by atoms with E-state index in [1.54, 1.807) is 24.9 Å². The Morgan fingerprint density at radius 3 is 2.80 bits per heavy atom. The number of aliphatic hydroxyl groups is 2. The van der Waals surface area contributed by atoms with Gasteiger partial charge in [0.1, 0.15) is 5.03 Å². The average molecular weight is 227 g/mol. The number of rotatable bonds is 5. The van der Waals surface area contributed by atoms with Crippen LogP contribution in [0.15, 0.2) is 23.4 Å². The molecule has 0 aliphatic carbocycles. The minimum atomic E-state index is -0.495. The molecule has 1 unspecified atom stereocenters. The summed E-state index contributed by atoms with van der Waals surface area (Å²) in [6.07, 6.45) is 1.23. The molecule has 2 N–H and O–H groups in total. The van der Waals surface area contributed by atoms with Crippen molar-refractivity contribution in [2.24, 2.45) is 5.92 Å². The van der Waals surface area contributed by atoms with Gasteiger partial charge in [0, 0.05) is 24.1 Å². The van der Waals surface area contributed by atoms with Gasteiger partial charge in [0.2, 0.25) is 0 Å². The molecule has 0 saturated heterocycles. The molecule has 0 spiro atoms. The third kappa shape index (κ3) is 3.81. The highest BCUT2D eigenvalue weighted by molar-refractivity contribution is 7.99. The van der Waals surface area contributed by atoms with Gasteiger partial charge in [-0.05, 0) is 18.9 Å². The van der Waals surface area contributed by atoms with Crippen molar-refractivity contribution in [3.63, 3.8) is 0 Å². The molecule has 0 fully saturated rings. The lowest BCUT2D eigenvalue weighted by Gasteiger charge is -2.11. The zero-order valence-corrected chi connectivity index (χ0v) is 9.87. The molecule has 0 radical (unpaired) electrons. The zero-order chi connectivity index (χ0) is 11.3. The van der Waals surface area contributed by atoms with Crippen LogP contribution in [0, 0.1) is 5.92 Å². The van der Waals surface area contributed by atoms with Gasteiger partial charge < -0.3 is 10.2 Å². The number of hydrogen-bond acceptors (Lipinski definition) is 4. The molecule has 1 aromatic rings. The highest BCUT2D eigenvalue weighted by Gasteiger charge is 2.10. The molecule has 0 aliphatic rings. The largest absolute Gasteiger partial charge is 0.396 e. The van der Waals surface area contributed by atoms with Crippen LogP contribution in [0.25, 0.3) is 0 Å². The third-order valence-electron chi connectivity index (χ3n) is 2.07. The highest BCUT2D eigenvalue weighted by Crippen LogP contribution is 2.26. The van der Waals surface area contributed by atoms with Gasteiger partial charge in [0.25, 0.3) is 0 Å². The van der Waals surface area contributed by atoms with Gasteiger partial charge in [-0.3, -0.25) is 0 Å². The Balaban J connectivity index is 2.67. The predicted octanol–water partition coefficient (Wildman–Crippen LogP) is 1.86. The molecule has 2 atom stereocenters. The van der Waals surface area contributed by atoms with Crippen LogP contribution in [0.1, 0.15) is 25.5 Å². The Morgan fingerprint density at radius 1 is 1.47 bits per heavy atom. The fraction of sp³-hybridized carbons (Fsp3) is 0.545. The van der Waals surface area contributed by atoms with Crippen molar-refractivity contribution in [3.05, 3.63) is 23.9 Å². The maximum atomic E-state index is 9.52. The Hall–Kier alpha value is -0.580. The van der Waals surface area contributed by atoms with Crippen LogP contribution < -0.4 is 0 Å². The molecule has 0 saturated carbocycles. The van der Waals surface area contributed by atoms with E-state index >= 15 is 0 Å². The summed E-state index contributed by atoms with van der Waals surface area (Å²) in [6.45, 7) is 3.90. The van der Waals surface area contributed by atoms with Crippen molar-refractivity contribution in [1.82, 2.24) is 4.98 Å². The summed E-state index contributed by atoms with van der Waals surface area (Å²) in [4.78, 5) is 4.23. The number of aliphatic hydroxyl groups excluding tert-OH is 2. The van der Waals surface area contributed by atoms with Gasteiger partial charge in [-0.25, -0.2) is 4.98 Å². The van der Waals surface area contributed by atoms with E-state index in [0.717, 1.165) is 16.3 Å². The Kier molecular flexibility index (Phi) is 5.08. The molecule has 0 aliphatic heterocycles. The van der Waals surface area contributed by atoms with E-state index in [0.29, 0.717) is 0 Å². The third-order valence-corrected chi connectivity index (χ3v) is 3.42. The molecule has 1 aromatic heterocycles. The van der Waals surface area contributed by atoms with Crippen molar-refractivity contribution in [3.8, 4) is 0 Å². The van der Waals surface area contributed by atoms with Crippen molar-refractivity contribution in [1.29, 1.82) is 0 Å². The topological polar surface area (TPSA) is 53.4 Å². The van der Waals surface area contributed by atoms with Gasteiger partial charge >= 0.3 is 0 Å². The summed E-state index contributed by atoms with van der Waals surface area (Å²) in [5, 5.41) is 19.3. The van der Waals surface area contributed by atoms with Crippen LogP contribution in [-0.4, -0.2) is 27.6 Å². The number of thioether (sulfide) groups is 1. The number of pyridine rings is 1. The monoisotopic (exact) mass is 227 g/mol. The van der Waals surface area contributed by atoms with Gasteiger partial charge in [-0.1, -0.05) is 13.0 Å². The predicted molar refractivity (Wildman–Crippen MR) is 61.8 cm³/mol. The summed E-state index contributed by atoms with van der Waals surface area (Å²) in [5.74, 6) is 1.06. The maximum absolute atomic E-state index is 9.52. The highest BCUT2D eigenvalue weighted by atomic mass is 32.2. The van der Waals surface area contributed by atoms with Gasteiger partial charge in [0.05, 0.1) is 6.10 Å². The molecule has 0 aromatic carbocycles. The Bertz CT molecular complexity index is 304. The first-order chi connectivity index (χ1) is 7.15. The molecule has 1 heterocycles. The van der Waals surface area contributed by atoms with Gasteiger partial charge in [-0.2, -0.15) is 0 Å². The quantitative estimate of drug-likeness (QED) is 0.754. The molecular weight excluding hydrogens is 210 g/mol. The number of aromatic nitrogens is 1. The second kappa shape index (κ2) is 6.10. The van der Waals surface area contributed by atoms with E-state index in [1.165, 1.54) is 0 Å². The van der Waals surface area contributed by atoms with Crippen molar-refractivity contribution < 1.29 is 10.2 Å². The molecule has 1 rings (SSSR count). The fourth-order valence-corrected chi connectivity index (χ4v) is 2.20. The fourth-order valence-electron chi connectivity index (χ4n) is 1.12. The van der Waals surface area contributed by atoms with Gasteiger partial charge in [-0.15, -0.1) is 11.8 Å². The van der Waals surface area contributed by atoms with Crippen LogP contribution in [0.5, 0.6) is 0 Å². The van der Waals surface area contributed by atoms with Crippen molar-refractivity contribution in [2.45, 2.75) is 25.0 Å². The Morgan fingerprint density at radius 2 is 2.20 bits per heavy atom. The standard InChI is InChI=1S/C11H17NO2S/c1-8(6-13)7-15-11-10(9(2)14)4-3-5-12-11/h3-5,8-9,13-14H,6-7H2,1-2H3/t8?,9-/m1/s1. The summed E-state index contributed by atoms with van der Waals surface area (Å²) in [7, 11) is 0. The lowest BCUT2D eigenvalue weighted by atomic mass is 10.2. The molecule has 4 heteroatoms. The molecule has 0 bridgehead atoms. The van der Waals surface area contributed by atoms with Crippen LogP contribution in [0.4, 0.5) is 0 Å². The maximum Gasteiger partial charge on any atom is 0.102 e. The van der Waals surface area contributed by atoms with Crippen LogP contribution >= 0.6 is 11.8 Å². The lowest BCUT2D eigenvalue weighted by molar-refractivity contribution is 0.195. The summed E-state index contributed by atoms with van der Waals surface area (Å²) < 4.78 is 0. The van der Waals surface area contributed by atoms with Crippen LogP contribution in [0.2, 0.25) is 0 Å². The molecular formula is C11H17NO2S. The minimum Gasteiger partial charge on any atom is -0.396 e. The number of hydrogen-bond donors (Lipinski definition) is 2. The normalized spacial score (nSPS) is 14.9. The number of nitrogens with zero attached hydrogens (tertiary/aromatic N) is 1. The molecule has 0 amide bonds. The van der Waals surface area contributed by atoms with Crippen LogP contribution in [0.3, 0.4) is 0 Å². The SMILES string of the molecule is CC(CO)CSc1ncccc1[C@@H](C)O. The molecule has 84 valence electrons. The smallest absolute Gasteiger partial charge is 0.102 e. The van der Waals surface area contributed by atoms with E-state index in [1.807, 2.05) is 19.1 Å². The van der Waals surface area contributed by atoms with Crippen molar-refractivity contribution >= 4 is 11.8 Å². The Labute approximate surface area is 94.6 Å². The minimum absolute atomic E-state index is 0.184. The summed E-state index contributed by atoms with van der Waals surface area (Å²) in [5.41, 5.74) is 0.854.